The summed E-state index contributed by atoms with van der Waals surface area (Å²) in [6.07, 6.45) is 5.10. The van der Waals surface area contributed by atoms with Crippen LogP contribution in [-0.4, -0.2) is 17.0 Å². The number of nitrogens with one attached hydrogen (secondary N) is 1. The van der Waals surface area contributed by atoms with Crippen LogP contribution >= 0.6 is 11.8 Å². The molecule has 3 rings (SSSR count). The largest absolute Gasteiger partial charge is 0.335 e. The van der Waals surface area contributed by atoms with Crippen LogP contribution in [0.1, 0.15) is 37.8 Å². The number of hydrogen-bond acceptors (Lipinski definition) is 3. The predicted octanol–water partition coefficient (Wildman–Crippen LogP) is 4.10. The van der Waals surface area contributed by atoms with Crippen LogP contribution in [0.3, 0.4) is 0 Å². The van der Waals surface area contributed by atoms with Gasteiger partial charge in [0, 0.05) is 11.4 Å². The van der Waals surface area contributed by atoms with Crippen molar-refractivity contribution < 1.29 is 0 Å². The van der Waals surface area contributed by atoms with Crippen molar-refractivity contribution in [3.05, 3.63) is 29.3 Å². The van der Waals surface area contributed by atoms with Gasteiger partial charge in [-0.1, -0.05) is 37.7 Å². The number of rotatable bonds is 2. The molecule has 1 aromatic rings. The first-order chi connectivity index (χ1) is 9.24. The lowest BCUT2D eigenvalue weighted by atomic mass is 9.90. The molecule has 0 radical (unpaired) electrons. The van der Waals surface area contributed by atoms with Gasteiger partial charge in [-0.15, -0.1) is 0 Å². The Morgan fingerprint density at radius 1 is 1.26 bits per heavy atom. The highest BCUT2D eigenvalue weighted by molar-refractivity contribution is 8.14. The number of nitrogens with zero attached hydrogens (tertiary/aromatic N) is 1. The van der Waals surface area contributed by atoms with E-state index in [1.807, 2.05) is 11.8 Å². The van der Waals surface area contributed by atoms with Gasteiger partial charge < -0.3 is 5.32 Å². The molecular weight excluding hydrogens is 252 g/mol. The van der Waals surface area contributed by atoms with Crippen molar-refractivity contribution in [2.24, 2.45) is 10.9 Å². The van der Waals surface area contributed by atoms with Crippen molar-refractivity contribution in [1.82, 2.24) is 0 Å². The van der Waals surface area contributed by atoms with Crippen LogP contribution in [0.15, 0.2) is 23.2 Å². The Bertz CT molecular complexity index is 494. The maximum Gasteiger partial charge on any atom is 0.161 e. The van der Waals surface area contributed by atoms with Crippen molar-refractivity contribution >= 4 is 22.6 Å². The summed E-state index contributed by atoms with van der Waals surface area (Å²) in [5, 5.41) is 4.68. The quantitative estimate of drug-likeness (QED) is 0.878. The standard InChI is InChI=1S/C16H22N2S/c1-11(2)15-10-19-16(18-15)17-14-9-5-7-12-6-3-4-8-13(12)14/h5,7,9,11,15H,3-4,6,8,10H2,1-2H3,(H,17,18)/t15-/m1/s1. The minimum atomic E-state index is 0.479. The molecule has 2 aliphatic rings. The molecule has 1 heterocycles. The maximum atomic E-state index is 4.80. The average molecular weight is 274 g/mol. The normalized spacial score (nSPS) is 22.3. The van der Waals surface area contributed by atoms with E-state index < -0.39 is 0 Å². The molecule has 19 heavy (non-hydrogen) atoms. The maximum absolute atomic E-state index is 4.80. The van der Waals surface area contributed by atoms with E-state index in [0.717, 1.165) is 10.9 Å². The molecule has 1 N–H and O–H groups in total. The molecule has 0 unspecified atom stereocenters. The first-order valence-corrected chi connectivity index (χ1v) is 8.31. The molecule has 0 amide bonds. The fourth-order valence-electron chi connectivity index (χ4n) is 2.81. The Kier molecular flexibility index (Phi) is 3.83. The molecule has 0 saturated carbocycles. The van der Waals surface area contributed by atoms with E-state index in [1.54, 1.807) is 0 Å². The zero-order valence-corrected chi connectivity index (χ0v) is 12.6. The molecular formula is C16H22N2S. The van der Waals surface area contributed by atoms with Gasteiger partial charge in [0.1, 0.15) is 0 Å². The first-order valence-electron chi connectivity index (χ1n) is 7.32. The van der Waals surface area contributed by atoms with E-state index in [2.05, 4.69) is 37.4 Å². The zero-order valence-electron chi connectivity index (χ0n) is 11.8. The third kappa shape index (κ3) is 2.81. The Labute approximate surface area is 120 Å². The lowest BCUT2D eigenvalue weighted by Crippen LogP contribution is -2.13. The number of thioether (sulfide) groups is 1. The van der Waals surface area contributed by atoms with Gasteiger partial charge in [0.15, 0.2) is 5.17 Å². The fourth-order valence-corrected chi connectivity index (χ4v) is 3.99. The monoisotopic (exact) mass is 274 g/mol. The van der Waals surface area contributed by atoms with Gasteiger partial charge in [-0.2, -0.15) is 0 Å². The highest BCUT2D eigenvalue weighted by atomic mass is 32.2. The molecule has 0 saturated heterocycles. The number of hydrogen-bond donors (Lipinski definition) is 1. The number of aryl methyl sites for hydroxylation is 1. The smallest absolute Gasteiger partial charge is 0.161 e. The van der Waals surface area contributed by atoms with Gasteiger partial charge in [0.05, 0.1) is 6.04 Å². The molecule has 1 atom stereocenters. The second kappa shape index (κ2) is 5.58. The molecule has 0 spiro atoms. The summed E-state index contributed by atoms with van der Waals surface area (Å²) in [7, 11) is 0. The highest BCUT2D eigenvalue weighted by Crippen LogP contribution is 2.30. The predicted molar refractivity (Wildman–Crippen MR) is 85.2 cm³/mol. The van der Waals surface area contributed by atoms with Crippen molar-refractivity contribution in [2.45, 2.75) is 45.6 Å². The van der Waals surface area contributed by atoms with Gasteiger partial charge in [0.2, 0.25) is 0 Å². The molecule has 1 aromatic carbocycles. The second-order valence-corrected chi connectivity index (χ2v) is 6.84. The van der Waals surface area contributed by atoms with Crippen molar-refractivity contribution in [3.8, 4) is 0 Å². The van der Waals surface area contributed by atoms with E-state index in [4.69, 9.17) is 4.99 Å². The van der Waals surface area contributed by atoms with Crippen LogP contribution in [-0.2, 0) is 12.8 Å². The number of aliphatic imine (C=N–C) groups is 1. The fraction of sp³-hybridized carbons (Fsp3) is 0.562. The van der Waals surface area contributed by atoms with Crippen molar-refractivity contribution in [2.75, 3.05) is 11.1 Å². The summed E-state index contributed by atoms with van der Waals surface area (Å²) in [6, 6.07) is 7.13. The zero-order chi connectivity index (χ0) is 13.2. The summed E-state index contributed by atoms with van der Waals surface area (Å²) in [5.74, 6) is 1.76. The first kappa shape index (κ1) is 13.0. The van der Waals surface area contributed by atoms with Crippen LogP contribution in [0.5, 0.6) is 0 Å². The number of fused-ring (bicyclic) bond motifs is 1. The molecule has 0 fully saturated rings. The Morgan fingerprint density at radius 3 is 2.89 bits per heavy atom. The molecule has 102 valence electrons. The lowest BCUT2D eigenvalue weighted by Gasteiger charge is -2.19. The molecule has 1 aliphatic carbocycles. The van der Waals surface area contributed by atoms with E-state index in [9.17, 15) is 0 Å². The molecule has 2 nitrogen and oxygen atoms in total. The van der Waals surface area contributed by atoms with E-state index in [-0.39, 0.29) is 0 Å². The van der Waals surface area contributed by atoms with Crippen LogP contribution in [0.4, 0.5) is 5.69 Å². The number of benzene rings is 1. The summed E-state index contributed by atoms with van der Waals surface area (Å²) < 4.78 is 0. The summed E-state index contributed by atoms with van der Waals surface area (Å²) in [5.41, 5.74) is 4.33. The lowest BCUT2D eigenvalue weighted by molar-refractivity contribution is 0.543. The Hall–Kier alpha value is -0.960. The highest BCUT2D eigenvalue weighted by Gasteiger charge is 2.22. The number of amidine groups is 1. The second-order valence-electron chi connectivity index (χ2n) is 5.83. The molecule has 0 bridgehead atoms. The summed E-state index contributed by atoms with van der Waals surface area (Å²) in [6.45, 7) is 4.50. The summed E-state index contributed by atoms with van der Waals surface area (Å²) in [4.78, 5) is 4.80. The SMILES string of the molecule is CC(C)[C@H]1CSC(Nc2cccc3c2CCCC3)=N1. The molecule has 3 heteroatoms. The van der Waals surface area contributed by atoms with E-state index in [0.29, 0.717) is 12.0 Å². The van der Waals surface area contributed by atoms with Gasteiger partial charge in [-0.05, 0) is 48.8 Å². The van der Waals surface area contributed by atoms with Gasteiger partial charge in [-0.25, -0.2) is 0 Å². The van der Waals surface area contributed by atoms with Gasteiger partial charge >= 0.3 is 0 Å². The Morgan fingerprint density at radius 2 is 2.11 bits per heavy atom. The van der Waals surface area contributed by atoms with Crippen LogP contribution in [0, 0.1) is 5.92 Å². The topological polar surface area (TPSA) is 24.4 Å². The van der Waals surface area contributed by atoms with Gasteiger partial charge in [0.25, 0.3) is 0 Å². The molecule has 1 aliphatic heterocycles. The van der Waals surface area contributed by atoms with Crippen molar-refractivity contribution in [1.29, 1.82) is 0 Å². The average Bonchev–Trinajstić information content (AvgIpc) is 2.88. The van der Waals surface area contributed by atoms with Crippen LogP contribution in [0.25, 0.3) is 0 Å². The minimum absolute atomic E-state index is 0.479. The van der Waals surface area contributed by atoms with E-state index >= 15 is 0 Å². The third-order valence-corrected chi connectivity index (χ3v) is 5.07. The van der Waals surface area contributed by atoms with Crippen LogP contribution < -0.4 is 5.32 Å². The molecule has 0 aromatic heterocycles. The van der Waals surface area contributed by atoms with Gasteiger partial charge in [-0.3, -0.25) is 4.99 Å². The van der Waals surface area contributed by atoms with Crippen LogP contribution in [0.2, 0.25) is 0 Å². The minimum Gasteiger partial charge on any atom is -0.335 e. The summed E-state index contributed by atoms with van der Waals surface area (Å²) >= 11 is 1.86. The van der Waals surface area contributed by atoms with E-state index in [1.165, 1.54) is 42.5 Å². The van der Waals surface area contributed by atoms with Crippen molar-refractivity contribution in [3.63, 3.8) is 0 Å². The third-order valence-electron chi connectivity index (χ3n) is 4.08. The number of anilines is 1. The Balaban J connectivity index is 1.79.